The minimum absolute atomic E-state index is 0.0248. The van der Waals surface area contributed by atoms with Crippen molar-refractivity contribution in [1.29, 1.82) is 0 Å². The fourth-order valence-electron chi connectivity index (χ4n) is 3.74. The Labute approximate surface area is 150 Å². The monoisotopic (exact) mass is 346 g/mol. The highest BCUT2D eigenvalue weighted by Crippen LogP contribution is 2.21. The van der Waals surface area contributed by atoms with Gasteiger partial charge in [0.05, 0.1) is 12.0 Å². The smallest absolute Gasteiger partial charge is 0.225 e. The fourth-order valence-corrected chi connectivity index (χ4v) is 3.74. The summed E-state index contributed by atoms with van der Waals surface area (Å²) >= 11 is 0. The Balaban J connectivity index is 1.33. The molecule has 1 aliphatic carbocycles. The van der Waals surface area contributed by atoms with Gasteiger partial charge >= 0.3 is 0 Å². The summed E-state index contributed by atoms with van der Waals surface area (Å²) in [4.78, 5) is 23.1. The van der Waals surface area contributed by atoms with E-state index in [9.17, 15) is 4.79 Å². The van der Waals surface area contributed by atoms with Crippen LogP contribution in [0.1, 0.15) is 51.4 Å². The van der Waals surface area contributed by atoms with E-state index >= 15 is 0 Å². The zero-order valence-electron chi connectivity index (χ0n) is 15.0. The van der Waals surface area contributed by atoms with Gasteiger partial charge < -0.3 is 15.0 Å². The zero-order valence-corrected chi connectivity index (χ0v) is 15.0. The molecule has 1 aliphatic heterocycles. The summed E-state index contributed by atoms with van der Waals surface area (Å²) in [6.07, 6.45) is 13.1. The summed E-state index contributed by atoms with van der Waals surface area (Å²) in [6.45, 7) is 3.07. The molecule has 2 heterocycles. The van der Waals surface area contributed by atoms with Crippen molar-refractivity contribution in [1.82, 2.24) is 15.3 Å². The molecule has 1 saturated carbocycles. The van der Waals surface area contributed by atoms with Crippen LogP contribution in [0.3, 0.4) is 0 Å². The summed E-state index contributed by atoms with van der Waals surface area (Å²) in [5, 5.41) is 3.08. The molecule has 1 unspecified atom stereocenters. The van der Waals surface area contributed by atoms with Gasteiger partial charge in [0.2, 0.25) is 11.9 Å². The third-order valence-electron chi connectivity index (χ3n) is 5.15. The maximum absolute atomic E-state index is 12.4. The predicted molar refractivity (Wildman–Crippen MR) is 97.4 cm³/mol. The average Bonchev–Trinajstić information content (AvgIpc) is 2.69. The number of anilines is 1. The molecule has 0 aromatic carbocycles. The lowest BCUT2D eigenvalue weighted by molar-refractivity contribution is -0.125. The number of aromatic nitrogens is 2. The number of nitrogens with one attached hydrogen (secondary N) is 1. The molecule has 0 spiro atoms. The van der Waals surface area contributed by atoms with Crippen molar-refractivity contribution in [3.05, 3.63) is 18.5 Å². The van der Waals surface area contributed by atoms with Gasteiger partial charge in [0.25, 0.3) is 0 Å². The molecule has 6 heteroatoms. The molecular formula is C19H30N4O2. The van der Waals surface area contributed by atoms with Crippen molar-refractivity contribution in [2.75, 3.05) is 31.1 Å². The van der Waals surface area contributed by atoms with E-state index in [4.69, 9.17) is 4.74 Å². The molecule has 25 heavy (non-hydrogen) atoms. The van der Waals surface area contributed by atoms with Gasteiger partial charge in [0.15, 0.2) is 0 Å². The molecular weight excluding hydrogens is 316 g/mol. The number of nitrogens with zero attached hydrogens (tertiary/aromatic N) is 3. The Morgan fingerprint density at radius 1 is 1.16 bits per heavy atom. The summed E-state index contributed by atoms with van der Waals surface area (Å²) in [5.41, 5.74) is 0. The van der Waals surface area contributed by atoms with Crippen molar-refractivity contribution in [3.63, 3.8) is 0 Å². The van der Waals surface area contributed by atoms with Gasteiger partial charge in [0, 0.05) is 38.6 Å². The maximum Gasteiger partial charge on any atom is 0.225 e. The van der Waals surface area contributed by atoms with Gasteiger partial charge in [-0.1, -0.05) is 19.3 Å². The number of amides is 1. The standard InChI is InChI=1S/C19H30N4O2/c24-18(20-12-6-14-25-17-8-2-1-3-9-17)16-7-4-13-23(15-16)19-21-10-5-11-22-19/h5,10-11,16-17H,1-4,6-9,12-15H2,(H,20,24). The first kappa shape index (κ1) is 18.1. The summed E-state index contributed by atoms with van der Waals surface area (Å²) < 4.78 is 5.91. The van der Waals surface area contributed by atoms with E-state index in [-0.39, 0.29) is 11.8 Å². The van der Waals surface area contributed by atoms with Crippen LogP contribution in [0.4, 0.5) is 5.95 Å². The first-order valence-corrected chi connectivity index (χ1v) is 9.74. The van der Waals surface area contributed by atoms with Crippen LogP contribution in [0.15, 0.2) is 18.5 Å². The normalized spacial score (nSPS) is 21.9. The van der Waals surface area contributed by atoms with Crippen LogP contribution >= 0.6 is 0 Å². The highest BCUT2D eigenvalue weighted by molar-refractivity contribution is 5.79. The van der Waals surface area contributed by atoms with E-state index in [0.717, 1.165) is 38.4 Å². The molecule has 1 saturated heterocycles. The number of piperidine rings is 1. The Morgan fingerprint density at radius 2 is 1.96 bits per heavy atom. The van der Waals surface area contributed by atoms with Crippen molar-refractivity contribution in [2.45, 2.75) is 57.5 Å². The summed E-state index contributed by atoms with van der Waals surface area (Å²) in [5.74, 6) is 0.899. The molecule has 1 aromatic heterocycles. The van der Waals surface area contributed by atoms with Crippen molar-refractivity contribution in [3.8, 4) is 0 Å². The second-order valence-electron chi connectivity index (χ2n) is 7.11. The third-order valence-corrected chi connectivity index (χ3v) is 5.15. The van der Waals surface area contributed by atoms with Crippen LogP contribution in [0.25, 0.3) is 0 Å². The average molecular weight is 346 g/mol. The summed E-state index contributed by atoms with van der Waals surface area (Å²) in [6, 6.07) is 1.81. The highest BCUT2D eigenvalue weighted by Gasteiger charge is 2.26. The number of hydrogen-bond donors (Lipinski definition) is 1. The molecule has 3 rings (SSSR count). The molecule has 2 fully saturated rings. The largest absolute Gasteiger partial charge is 0.378 e. The number of carbonyl (C=O) groups is 1. The Hall–Kier alpha value is -1.69. The lowest BCUT2D eigenvalue weighted by atomic mass is 9.97. The topological polar surface area (TPSA) is 67.3 Å². The number of rotatable bonds is 7. The predicted octanol–water partition coefficient (Wildman–Crippen LogP) is 2.55. The first-order chi connectivity index (χ1) is 12.3. The third kappa shape index (κ3) is 5.66. The van der Waals surface area contributed by atoms with Crippen molar-refractivity contribution >= 4 is 11.9 Å². The highest BCUT2D eigenvalue weighted by atomic mass is 16.5. The Morgan fingerprint density at radius 3 is 2.76 bits per heavy atom. The first-order valence-electron chi connectivity index (χ1n) is 9.74. The van der Waals surface area contributed by atoms with E-state index in [1.54, 1.807) is 12.4 Å². The van der Waals surface area contributed by atoms with Gasteiger partial charge in [-0.15, -0.1) is 0 Å². The molecule has 1 amide bonds. The van der Waals surface area contributed by atoms with Gasteiger partial charge in [-0.3, -0.25) is 4.79 Å². The van der Waals surface area contributed by atoms with Gasteiger partial charge in [0.1, 0.15) is 0 Å². The lowest BCUT2D eigenvalue weighted by Gasteiger charge is -2.31. The quantitative estimate of drug-likeness (QED) is 0.769. The molecule has 6 nitrogen and oxygen atoms in total. The number of hydrogen-bond acceptors (Lipinski definition) is 5. The second-order valence-corrected chi connectivity index (χ2v) is 7.11. The maximum atomic E-state index is 12.4. The molecule has 1 N–H and O–H groups in total. The minimum Gasteiger partial charge on any atom is -0.378 e. The number of ether oxygens (including phenoxy) is 1. The van der Waals surface area contributed by atoms with Crippen LogP contribution in [-0.4, -0.2) is 48.2 Å². The molecule has 2 aliphatic rings. The van der Waals surface area contributed by atoms with E-state index in [1.807, 2.05) is 6.07 Å². The van der Waals surface area contributed by atoms with Crippen molar-refractivity contribution in [2.24, 2.45) is 5.92 Å². The molecule has 1 aromatic rings. The molecule has 138 valence electrons. The van der Waals surface area contributed by atoms with Gasteiger partial charge in [-0.25, -0.2) is 9.97 Å². The van der Waals surface area contributed by atoms with E-state index in [0.29, 0.717) is 19.2 Å². The van der Waals surface area contributed by atoms with E-state index in [2.05, 4.69) is 20.2 Å². The minimum atomic E-state index is 0.0248. The lowest BCUT2D eigenvalue weighted by Crippen LogP contribution is -2.44. The van der Waals surface area contributed by atoms with Crippen LogP contribution in [0, 0.1) is 5.92 Å². The van der Waals surface area contributed by atoms with E-state index < -0.39 is 0 Å². The van der Waals surface area contributed by atoms with Gasteiger partial charge in [-0.2, -0.15) is 0 Å². The Kier molecular flexibility index (Phi) is 7.03. The van der Waals surface area contributed by atoms with Crippen LogP contribution in [0.2, 0.25) is 0 Å². The second kappa shape index (κ2) is 9.70. The SMILES string of the molecule is O=C(NCCCOC1CCCCC1)C1CCCN(c2ncccn2)C1. The molecule has 0 radical (unpaired) electrons. The van der Waals surface area contributed by atoms with Crippen LogP contribution in [-0.2, 0) is 9.53 Å². The summed E-state index contributed by atoms with van der Waals surface area (Å²) in [7, 11) is 0. The molecule has 0 bridgehead atoms. The van der Waals surface area contributed by atoms with Crippen LogP contribution in [0.5, 0.6) is 0 Å². The van der Waals surface area contributed by atoms with E-state index in [1.165, 1.54) is 32.1 Å². The molecule has 1 atom stereocenters. The number of carbonyl (C=O) groups excluding carboxylic acids is 1. The van der Waals surface area contributed by atoms with Crippen molar-refractivity contribution < 1.29 is 9.53 Å². The fraction of sp³-hybridized carbons (Fsp3) is 0.737. The van der Waals surface area contributed by atoms with Gasteiger partial charge in [-0.05, 0) is 38.2 Å². The Bertz CT molecular complexity index is 519. The zero-order chi connectivity index (χ0) is 17.3. The van der Waals surface area contributed by atoms with Crippen LogP contribution < -0.4 is 10.2 Å².